The molecule has 1 amide bonds. The Labute approximate surface area is 108 Å². The maximum absolute atomic E-state index is 12.0. The zero-order chi connectivity index (χ0) is 13.3. The van der Waals surface area contributed by atoms with Gasteiger partial charge >= 0.3 is 6.09 Å². The molecule has 1 aromatic rings. The lowest BCUT2D eigenvalue weighted by atomic mass is 9.91. The van der Waals surface area contributed by atoms with E-state index in [9.17, 15) is 4.79 Å². The van der Waals surface area contributed by atoms with Crippen LogP contribution < -0.4 is 5.73 Å². The fourth-order valence-electron chi connectivity index (χ4n) is 2.12. The molecule has 2 unspecified atom stereocenters. The molecule has 0 aromatic heterocycles. The Morgan fingerprint density at radius 2 is 1.94 bits per heavy atom. The number of carbonyl (C=O) groups excluding carboxylic acids is 1. The molecular weight excluding hydrogens is 228 g/mol. The Morgan fingerprint density at radius 3 is 2.44 bits per heavy atom. The molecule has 2 N–H and O–H groups in total. The summed E-state index contributed by atoms with van der Waals surface area (Å²) in [6, 6.07) is 9.75. The standard InChI is InChI=1S/C14H20N2O2/c1-14(2,3)18-13(17)16-9-11(15)12(16)10-7-5-4-6-8-10/h4-8,11-12H,9,15H2,1-3H3. The van der Waals surface area contributed by atoms with E-state index in [0.717, 1.165) is 5.56 Å². The van der Waals surface area contributed by atoms with Gasteiger partial charge in [-0.3, -0.25) is 4.90 Å². The van der Waals surface area contributed by atoms with Crippen LogP contribution in [0.25, 0.3) is 0 Å². The molecule has 4 heteroatoms. The summed E-state index contributed by atoms with van der Waals surface area (Å²) in [7, 11) is 0. The summed E-state index contributed by atoms with van der Waals surface area (Å²) in [6.45, 7) is 6.14. The highest BCUT2D eigenvalue weighted by Gasteiger charge is 2.42. The minimum absolute atomic E-state index is 0.0140. The van der Waals surface area contributed by atoms with Gasteiger partial charge in [-0.15, -0.1) is 0 Å². The number of likely N-dealkylation sites (tertiary alicyclic amines) is 1. The molecule has 2 rings (SSSR count). The topological polar surface area (TPSA) is 55.6 Å². The fourth-order valence-corrected chi connectivity index (χ4v) is 2.12. The third-order valence-electron chi connectivity index (χ3n) is 2.92. The fraction of sp³-hybridized carbons (Fsp3) is 0.500. The van der Waals surface area contributed by atoms with Gasteiger partial charge in [-0.1, -0.05) is 30.3 Å². The van der Waals surface area contributed by atoms with Crippen LogP contribution in [0.5, 0.6) is 0 Å². The second-order valence-corrected chi connectivity index (χ2v) is 5.65. The van der Waals surface area contributed by atoms with Crippen LogP contribution >= 0.6 is 0 Å². The van der Waals surface area contributed by atoms with Crippen molar-refractivity contribution in [2.24, 2.45) is 5.73 Å². The zero-order valence-electron chi connectivity index (χ0n) is 11.1. The number of nitrogens with zero attached hydrogens (tertiary/aromatic N) is 1. The lowest BCUT2D eigenvalue weighted by molar-refractivity contribution is -0.0134. The van der Waals surface area contributed by atoms with Crippen molar-refractivity contribution in [2.45, 2.75) is 38.5 Å². The average Bonchev–Trinajstić information content (AvgIpc) is 2.24. The third kappa shape index (κ3) is 2.64. The zero-order valence-corrected chi connectivity index (χ0v) is 11.1. The molecule has 1 aromatic carbocycles. The first-order valence-corrected chi connectivity index (χ1v) is 6.18. The molecular formula is C14H20N2O2. The van der Waals surface area contributed by atoms with Crippen LogP contribution in [-0.4, -0.2) is 29.2 Å². The molecule has 0 bridgehead atoms. The Hall–Kier alpha value is -1.55. The van der Waals surface area contributed by atoms with Crippen molar-refractivity contribution in [2.75, 3.05) is 6.54 Å². The third-order valence-corrected chi connectivity index (χ3v) is 2.92. The van der Waals surface area contributed by atoms with E-state index < -0.39 is 5.60 Å². The minimum atomic E-state index is -0.474. The molecule has 1 fully saturated rings. The van der Waals surface area contributed by atoms with Gasteiger partial charge in [0.2, 0.25) is 0 Å². The van der Waals surface area contributed by atoms with Crippen molar-refractivity contribution in [3.05, 3.63) is 35.9 Å². The van der Waals surface area contributed by atoms with Crippen molar-refractivity contribution < 1.29 is 9.53 Å². The normalized spacial score (nSPS) is 23.4. The summed E-state index contributed by atoms with van der Waals surface area (Å²) in [5.74, 6) is 0. The highest BCUT2D eigenvalue weighted by molar-refractivity contribution is 5.70. The molecule has 0 spiro atoms. The maximum atomic E-state index is 12.0. The molecule has 2 atom stereocenters. The summed E-state index contributed by atoms with van der Waals surface area (Å²) in [5.41, 5.74) is 6.58. The second-order valence-electron chi connectivity index (χ2n) is 5.65. The van der Waals surface area contributed by atoms with Crippen LogP contribution in [0.3, 0.4) is 0 Å². The molecule has 18 heavy (non-hydrogen) atoms. The molecule has 1 aliphatic rings. The summed E-state index contributed by atoms with van der Waals surface area (Å²) in [4.78, 5) is 13.7. The molecule has 0 radical (unpaired) electrons. The molecule has 4 nitrogen and oxygen atoms in total. The number of hydrogen-bond donors (Lipinski definition) is 1. The largest absolute Gasteiger partial charge is 0.444 e. The average molecular weight is 248 g/mol. The number of benzene rings is 1. The van der Waals surface area contributed by atoms with E-state index in [4.69, 9.17) is 10.5 Å². The maximum Gasteiger partial charge on any atom is 0.410 e. The van der Waals surface area contributed by atoms with Crippen LogP contribution in [0.4, 0.5) is 4.79 Å². The van der Waals surface area contributed by atoms with Crippen LogP contribution in [0, 0.1) is 0 Å². The van der Waals surface area contributed by atoms with Gasteiger partial charge in [0.15, 0.2) is 0 Å². The number of amides is 1. The SMILES string of the molecule is CC(C)(C)OC(=O)N1CC(N)C1c1ccccc1. The van der Waals surface area contributed by atoms with E-state index in [2.05, 4.69) is 0 Å². The van der Waals surface area contributed by atoms with Crippen molar-refractivity contribution in [3.63, 3.8) is 0 Å². The Kier molecular flexibility index (Phi) is 3.30. The Balaban J connectivity index is 2.09. The van der Waals surface area contributed by atoms with Crippen LogP contribution in [-0.2, 0) is 4.74 Å². The number of rotatable bonds is 1. The van der Waals surface area contributed by atoms with Crippen molar-refractivity contribution in [1.82, 2.24) is 4.90 Å². The number of ether oxygens (including phenoxy) is 1. The highest BCUT2D eigenvalue weighted by atomic mass is 16.6. The summed E-state index contributed by atoms with van der Waals surface area (Å²) >= 11 is 0. The summed E-state index contributed by atoms with van der Waals surface area (Å²) in [5, 5.41) is 0. The minimum Gasteiger partial charge on any atom is -0.444 e. The monoisotopic (exact) mass is 248 g/mol. The number of nitrogens with two attached hydrogens (primary N) is 1. The predicted molar refractivity (Wildman–Crippen MR) is 70.1 cm³/mol. The van der Waals surface area contributed by atoms with Gasteiger partial charge in [-0.25, -0.2) is 4.79 Å². The smallest absolute Gasteiger partial charge is 0.410 e. The van der Waals surface area contributed by atoms with Gasteiger partial charge < -0.3 is 10.5 Å². The van der Waals surface area contributed by atoms with E-state index >= 15 is 0 Å². The van der Waals surface area contributed by atoms with Crippen molar-refractivity contribution in [3.8, 4) is 0 Å². The second kappa shape index (κ2) is 4.61. The molecule has 98 valence electrons. The lowest BCUT2D eigenvalue weighted by Gasteiger charge is -2.46. The number of hydrogen-bond acceptors (Lipinski definition) is 3. The molecule has 1 saturated heterocycles. The van der Waals surface area contributed by atoms with Crippen LogP contribution in [0.15, 0.2) is 30.3 Å². The van der Waals surface area contributed by atoms with Gasteiger partial charge in [0.25, 0.3) is 0 Å². The quantitative estimate of drug-likeness (QED) is 0.829. The van der Waals surface area contributed by atoms with Crippen molar-refractivity contribution in [1.29, 1.82) is 0 Å². The number of carbonyl (C=O) groups is 1. The van der Waals surface area contributed by atoms with Crippen LogP contribution in [0.2, 0.25) is 0 Å². The highest BCUT2D eigenvalue weighted by Crippen LogP contribution is 2.33. The van der Waals surface area contributed by atoms with Gasteiger partial charge in [0.1, 0.15) is 5.60 Å². The van der Waals surface area contributed by atoms with E-state index in [1.807, 2.05) is 51.1 Å². The molecule has 0 aliphatic carbocycles. The summed E-state index contributed by atoms with van der Waals surface area (Å²) < 4.78 is 5.37. The molecule has 1 heterocycles. The summed E-state index contributed by atoms with van der Waals surface area (Å²) in [6.07, 6.45) is -0.293. The Bertz CT molecular complexity index is 425. The van der Waals surface area contributed by atoms with Crippen molar-refractivity contribution >= 4 is 6.09 Å². The van der Waals surface area contributed by atoms with Crippen LogP contribution in [0.1, 0.15) is 32.4 Å². The van der Waals surface area contributed by atoms with E-state index in [-0.39, 0.29) is 18.2 Å². The van der Waals surface area contributed by atoms with E-state index in [1.54, 1.807) is 4.90 Å². The Morgan fingerprint density at radius 1 is 1.33 bits per heavy atom. The first kappa shape index (κ1) is 12.9. The molecule has 1 aliphatic heterocycles. The van der Waals surface area contributed by atoms with E-state index in [0.29, 0.717) is 6.54 Å². The van der Waals surface area contributed by atoms with Gasteiger partial charge in [0, 0.05) is 12.6 Å². The first-order chi connectivity index (χ1) is 8.38. The van der Waals surface area contributed by atoms with E-state index in [1.165, 1.54) is 0 Å². The lowest BCUT2D eigenvalue weighted by Crippen LogP contribution is -2.60. The van der Waals surface area contributed by atoms with Gasteiger partial charge in [0.05, 0.1) is 6.04 Å². The first-order valence-electron chi connectivity index (χ1n) is 6.18. The molecule has 0 saturated carbocycles. The van der Waals surface area contributed by atoms with Gasteiger partial charge in [-0.05, 0) is 26.3 Å². The predicted octanol–water partition coefficient (Wildman–Crippen LogP) is 2.31. The van der Waals surface area contributed by atoms with Gasteiger partial charge in [-0.2, -0.15) is 0 Å².